The van der Waals surface area contributed by atoms with Crippen LogP contribution in [0.4, 0.5) is 0 Å². The molecule has 0 aliphatic carbocycles. The van der Waals surface area contributed by atoms with E-state index in [2.05, 4.69) is 19.9 Å². The molecule has 0 unspecified atom stereocenters. The molecule has 0 fully saturated rings. The van der Waals surface area contributed by atoms with Crippen molar-refractivity contribution in [1.29, 1.82) is 0 Å². The summed E-state index contributed by atoms with van der Waals surface area (Å²) in [6.45, 7) is 6.72. The smallest absolute Gasteiger partial charge is 0.305 e. The molecule has 18 heavy (non-hydrogen) atoms. The van der Waals surface area contributed by atoms with Crippen LogP contribution < -0.4 is 0 Å². The normalized spacial score (nSPS) is 10.6. The summed E-state index contributed by atoms with van der Waals surface area (Å²) >= 11 is 1.89. The highest BCUT2D eigenvalue weighted by atomic mass is 32.1. The van der Waals surface area contributed by atoms with Crippen molar-refractivity contribution in [2.45, 2.75) is 59.3 Å². The molecule has 2 nitrogen and oxygen atoms in total. The maximum absolute atomic E-state index is 11.1. The Hall–Kier alpha value is -0.830. The third-order valence-electron chi connectivity index (χ3n) is 3.03. The van der Waals surface area contributed by atoms with E-state index < -0.39 is 0 Å². The van der Waals surface area contributed by atoms with Crippen molar-refractivity contribution >= 4 is 17.3 Å². The molecule has 1 aromatic rings. The number of unbranched alkanes of at least 4 members (excludes halogenated alkanes) is 3. The molecule has 1 heterocycles. The molecule has 1 rings (SSSR count). The van der Waals surface area contributed by atoms with Crippen molar-refractivity contribution < 1.29 is 9.53 Å². The van der Waals surface area contributed by atoms with Crippen LogP contribution in [-0.4, -0.2) is 12.6 Å². The molecule has 0 aliphatic rings. The standard InChI is InChI=1S/C15H24O2S/c1-4-17-15(16)10-8-6-5-7-9-14-11-12(2)18-13(14)3/h11H,4-10H2,1-3H3. The Kier molecular flexibility index (Phi) is 7.02. The quantitative estimate of drug-likeness (QED) is 0.515. The minimum atomic E-state index is -0.0539. The van der Waals surface area contributed by atoms with E-state index in [0.29, 0.717) is 13.0 Å². The fourth-order valence-corrected chi connectivity index (χ4v) is 3.08. The maximum Gasteiger partial charge on any atom is 0.305 e. The number of hydrogen-bond donors (Lipinski definition) is 0. The van der Waals surface area contributed by atoms with Gasteiger partial charge in [-0.05, 0) is 51.7 Å². The average Bonchev–Trinajstić information content (AvgIpc) is 2.62. The second kappa shape index (κ2) is 8.30. The molecule has 1 aromatic heterocycles. The molecular formula is C15H24O2S. The number of esters is 1. The summed E-state index contributed by atoms with van der Waals surface area (Å²) < 4.78 is 4.90. The van der Waals surface area contributed by atoms with Gasteiger partial charge in [-0.15, -0.1) is 11.3 Å². The number of rotatable bonds is 8. The van der Waals surface area contributed by atoms with Crippen LogP contribution in [-0.2, 0) is 16.0 Å². The topological polar surface area (TPSA) is 26.3 Å². The van der Waals surface area contributed by atoms with Gasteiger partial charge in [-0.3, -0.25) is 4.79 Å². The molecule has 0 radical (unpaired) electrons. The number of thiophene rings is 1. The predicted octanol–water partition coefficient (Wildman–Crippen LogP) is 4.42. The summed E-state index contributed by atoms with van der Waals surface area (Å²) in [4.78, 5) is 14.0. The summed E-state index contributed by atoms with van der Waals surface area (Å²) in [5.74, 6) is -0.0539. The largest absolute Gasteiger partial charge is 0.466 e. The molecule has 0 amide bonds. The molecular weight excluding hydrogens is 244 g/mol. The molecule has 3 heteroatoms. The SMILES string of the molecule is CCOC(=O)CCCCCCc1cc(C)sc1C. The van der Waals surface area contributed by atoms with Crippen LogP contribution >= 0.6 is 11.3 Å². The molecule has 0 N–H and O–H groups in total. The third kappa shape index (κ3) is 5.67. The first-order valence-electron chi connectivity index (χ1n) is 6.85. The number of ether oxygens (including phenoxy) is 1. The predicted molar refractivity (Wildman–Crippen MR) is 77.2 cm³/mol. The zero-order valence-corrected chi connectivity index (χ0v) is 12.6. The maximum atomic E-state index is 11.1. The van der Waals surface area contributed by atoms with Gasteiger partial charge in [-0.1, -0.05) is 12.8 Å². The van der Waals surface area contributed by atoms with Crippen LogP contribution in [0.15, 0.2) is 6.07 Å². The van der Waals surface area contributed by atoms with E-state index in [1.165, 1.54) is 34.6 Å². The second-order valence-corrected chi connectivity index (χ2v) is 6.12. The fraction of sp³-hybridized carbons (Fsp3) is 0.667. The summed E-state index contributed by atoms with van der Waals surface area (Å²) in [7, 11) is 0. The van der Waals surface area contributed by atoms with Gasteiger partial charge in [0.05, 0.1) is 6.61 Å². The number of hydrogen-bond acceptors (Lipinski definition) is 3. The van der Waals surface area contributed by atoms with E-state index in [4.69, 9.17) is 4.74 Å². The monoisotopic (exact) mass is 268 g/mol. The second-order valence-electron chi connectivity index (χ2n) is 4.66. The molecule has 0 atom stereocenters. The Morgan fingerprint density at radius 2 is 1.94 bits per heavy atom. The first kappa shape index (κ1) is 15.2. The van der Waals surface area contributed by atoms with Gasteiger partial charge in [0.1, 0.15) is 0 Å². The lowest BCUT2D eigenvalue weighted by molar-refractivity contribution is -0.143. The van der Waals surface area contributed by atoms with Crippen molar-refractivity contribution in [3.05, 3.63) is 21.4 Å². The van der Waals surface area contributed by atoms with E-state index in [1.54, 1.807) is 0 Å². The molecule has 0 aliphatic heterocycles. The Bertz CT molecular complexity index is 369. The number of carbonyl (C=O) groups is 1. The highest BCUT2D eigenvalue weighted by molar-refractivity contribution is 7.12. The zero-order valence-electron chi connectivity index (χ0n) is 11.8. The summed E-state index contributed by atoms with van der Waals surface area (Å²) in [6.07, 6.45) is 6.26. The Morgan fingerprint density at radius 3 is 2.56 bits per heavy atom. The van der Waals surface area contributed by atoms with Gasteiger partial charge in [0.25, 0.3) is 0 Å². The molecule has 0 aromatic carbocycles. The minimum absolute atomic E-state index is 0.0539. The van der Waals surface area contributed by atoms with Crippen molar-refractivity contribution in [3.63, 3.8) is 0 Å². The molecule has 102 valence electrons. The van der Waals surface area contributed by atoms with E-state index in [9.17, 15) is 4.79 Å². The highest BCUT2D eigenvalue weighted by Crippen LogP contribution is 2.22. The van der Waals surface area contributed by atoms with E-state index in [1.807, 2.05) is 18.3 Å². The van der Waals surface area contributed by atoms with Crippen molar-refractivity contribution in [2.24, 2.45) is 0 Å². The summed E-state index contributed by atoms with van der Waals surface area (Å²) in [5.41, 5.74) is 1.50. The van der Waals surface area contributed by atoms with E-state index in [0.717, 1.165) is 12.8 Å². The molecule has 0 bridgehead atoms. The average molecular weight is 268 g/mol. The van der Waals surface area contributed by atoms with Crippen LogP contribution in [0, 0.1) is 13.8 Å². The lowest BCUT2D eigenvalue weighted by Gasteiger charge is -2.02. The van der Waals surface area contributed by atoms with Crippen molar-refractivity contribution in [3.8, 4) is 0 Å². The number of aryl methyl sites for hydroxylation is 3. The summed E-state index contributed by atoms with van der Waals surface area (Å²) in [5, 5.41) is 0. The Morgan fingerprint density at radius 1 is 1.22 bits per heavy atom. The summed E-state index contributed by atoms with van der Waals surface area (Å²) in [6, 6.07) is 2.30. The Balaban J connectivity index is 2.05. The molecule has 0 saturated carbocycles. The zero-order chi connectivity index (χ0) is 13.4. The van der Waals surface area contributed by atoms with E-state index >= 15 is 0 Å². The lowest BCUT2D eigenvalue weighted by Crippen LogP contribution is -2.03. The fourth-order valence-electron chi connectivity index (χ4n) is 2.10. The number of carbonyl (C=O) groups excluding carboxylic acids is 1. The van der Waals surface area contributed by atoms with Gasteiger partial charge in [0, 0.05) is 16.2 Å². The van der Waals surface area contributed by atoms with Crippen LogP contribution in [0.2, 0.25) is 0 Å². The van der Waals surface area contributed by atoms with Gasteiger partial charge >= 0.3 is 5.97 Å². The first-order valence-corrected chi connectivity index (χ1v) is 7.66. The van der Waals surface area contributed by atoms with Crippen LogP contribution in [0.25, 0.3) is 0 Å². The van der Waals surface area contributed by atoms with Gasteiger partial charge in [0.2, 0.25) is 0 Å². The van der Waals surface area contributed by atoms with Gasteiger partial charge in [-0.25, -0.2) is 0 Å². The van der Waals surface area contributed by atoms with Crippen molar-refractivity contribution in [1.82, 2.24) is 0 Å². The minimum Gasteiger partial charge on any atom is -0.466 e. The van der Waals surface area contributed by atoms with Crippen LogP contribution in [0.5, 0.6) is 0 Å². The van der Waals surface area contributed by atoms with Crippen LogP contribution in [0.3, 0.4) is 0 Å². The third-order valence-corrected chi connectivity index (χ3v) is 4.03. The van der Waals surface area contributed by atoms with Gasteiger partial charge in [-0.2, -0.15) is 0 Å². The van der Waals surface area contributed by atoms with Crippen molar-refractivity contribution in [2.75, 3.05) is 6.61 Å². The molecule has 0 saturated heterocycles. The first-order chi connectivity index (χ1) is 8.63. The Labute approximate surface area is 114 Å². The van der Waals surface area contributed by atoms with Gasteiger partial charge in [0.15, 0.2) is 0 Å². The molecule has 0 spiro atoms. The van der Waals surface area contributed by atoms with Gasteiger partial charge < -0.3 is 4.74 Å². The van der Waals surface area contributed by atoms with E-state index in [-0.39, 0.29) is 5.97 Å². The highest BCUT2D eigenvalue weighted by Gasteiger charge is 2.03. The van der Waals surface area contributed by atoms with Crippen LogP contribution in [0.1, 0.15) is 54.3 Å². The lowest BCUT2D eigenvalue weighted by atomic mass is 10.1.